The molecule has 12 heteroatoms. The van der Waals surface area contributed by atoms with Crippen molar-refractivity contribution in [2.75, 3.05) is 33.4 Å². The Hall–Kier alpha value is -3.53. The smallest absolute Gasteiger partial charge is 0.257 e. The number of alkyl halides is 1. The van der Waals surface area contributed by atoms with Crippen LogP contribution >= 0.6 is 11.6 Å². The molecule has 0 spiro atoms. The third kappa shape index (κ3) is 7.83. The number of piperidine rings is 1. The molecule has 4 heterocycles. The van der Waals surface area contributed by atoms with Gasteiger partial charge in [-0.05, 0) is 69.0 Å². The van der Waals surface area contributed by atoms with E-state index in [1.54, 1.807) is 6.92 Å². The van der Waals surface area contributed by atoms with E-state index in [0.717, 1.165) is 29.2 Å². The summed E-state index contributed by atoms with van der Waals surface area (Å²) in [7, 11) is 1.87. The molecule has 240 valence electrons. The molecular formula is C33H38ClF2N5O4. The van der Waals surface area contributed by atoms with Crippen molar-refractivity contribution in [3.05, 3.63) is 93.8 Å². The quantitative estimate of drug-likeness (QED) is 0.385. The lowest BCUT2D eigenvalue weighted by atomic mass is 9.71. The number of halogens is 3. The number of likely N-dealkylation sites (tertiary alicyclic amines) is 1. The molecule has 0 radical (unpaired) electrons. The SMILES string of the molecule is C1CCOC1.CCC(O)(c1cc(F)c2c(c1)C(=O)N(Cc1ncc(C#N)cn1)C2O)C1(F)CCN(C)CC1.Clc1ccccc1. The fraction of sp³-hybridized carbons (Fsp3) is 0.455. The van der Waals surface area contributed by atoms with Crippen LogP contribution in [0, 0.1) is 17.1 Å². The summed E-state index contributed by atoms with van der Waals surface area (Å²) in [6, 6.07) is 13.6. The molecule has 2 saturated heterocycles. The van der Waals surface area contributed by atoms with Gasteiger partial charge in [-0.15, -0.1) is 0 Å². The number of aliphatic hydroxyl groups is 2. The average molecular weight is 642 g/mol. The van der Waals surface area contributed by atoms with Crippen molar-refractivity contribution in [2.24, 2.45) is 0 Å². The molecule has 0 saturated carbocycles. The first-order valence-corrected chi connectivity index (χ1v) is 15.3. The Morgan fingerprint density at radius 2 is 1.78 bits per heavy atom. The number of aliphatic hydroxyl groups excluding tert-OH is 1. The third-order valence-electron chi connectivity index (χ3n) is 8.39. The van der Waals surface area contributed by atoms with E-state index < -0.39 is 29.2 Å². The number of aromatic nitrogens is 2. The highest BCUT2D eigenvalue weighted by Gasteiger charge is 2.53. The fourth-order valence-electron chi connectivity index (χ4n) is 5.61. The van der Waals surface area contributed by atoms with Crippen LogP contribution in [-0.4, -0.2) is 74.9 Å². The Morgan fingerprint density at radius 1 is 1.16 bits per heavy atom. The summed E-state index contributed by atoms with van der Waals surface area (Å²) in [5, 5.41) is 31.7. The number of amides is 1. The molecule has 2 aromatic carbocycles. The van der Waals surface area contributed by atoms with Gasteiger partial charge >= 0.3 is 0 Å². The molecule has 45 heavy (non-hydrogen) atoms. The van der Waals surface area contributed by atoms with E-state index in [1.807, 2.05) is 48.3 Å². The molecule has 1 aromatic heterocycles. The van der Waals surface area contributed by atoms with Crippen molar-refractivity contribution in [1.82, 2.24) is 19.8 Å². The molecule has 2 N–H and O–H groups in total. The number of carbonyl (C=O) groups is 1. The zero-order chi connectivity index (χ0) is 32.6. The van der Waals surface area contributed by atoms with E-state index >= 15 is 8.78 Å². The van der Waals surface area contributed by atoms with Gasteiger partial charge in [0.05, 0.1) is 17.7 Å². The number of nitriles is 1. The fourth-order valence-corrected chi connectivity index (χ4v) is 5.76. The summed E-state index contributed by atoms with van der Waals surface area (Å²) in [6.07, 6.45) is 3.68. The first kappa shape index (κ1) is 34.3. The molecule has 3 aliphatic rings. The summed E-state index contributed by atoms with van der Waals surface area (Å²) in [6.45, 7) is 4.30. The first-order chi connectivity index (χ1) is 21.5. The van der Waals surface area contributed by atoms with Crippen molar-refractivity contribution in [1.29, 1.82) is 5.26 Å². The normalized spacial score (nSPS) is 20.2. The third-order valence-corrected chi connectivity index (χ3v) is 8.64. The van der Waals surface area contributed by atoms with Crippen LogP contribution in [-0.2, 0) is 16.9 Å². The van der Waals surface area contributed by atoms with Crippen LogP contribution in [0.5, 0.6) is 0 Å². The van der Waals surface area contributed by atoms with E-state index in [4.69, 9.17) is 21.6 Å². The van der Waals surface area contributed by atoms with Crippen molar-refractivity contribution in [3.63, 3.8) is 0 Å². The highest BCUT2D eigenvalue weighted by atomic mass is 35.5. The maximum atomic E-state index is 16.0. The zero-order valence-corrected chi connectivity index (χ0v) is 26.2. The van der Waals surface area contributed by atoms with E-state index in [1.165, 1.54) is 31.3 Å². The Balaban J connectivity index is 0.000000318. The molecule has 0 aliphatic carbocycles. The Bertz CT molecular complexity index is 1470. The van der Waals surface area contributed by atoms with Gasteiger partial charge in [-0.2, -0.15) is 5.26 Å². The minimum Gasteiger partial charge on any atom is -0.382 e. The number of rotatable bonds is 5. The summed E-state index contributed by atoms with van der Waals surface area (Å²) in [5.74, 6) is -1.41. The number of ether oxygens (including phenoxy) is 1. The molecule has 1 amide bonds. The Morgan fingerprint density at radius 3 is 2.27 bits per heavy atom. The van der Waals surface area contributed by atoms with Crippen LogP contribution < -0.4 is 0 Å². The highest BCUT2D eigenvalue weighted by Crippen LogP contribution is 2.47. The summed E-state index contributed by atoms with van der Waals surface area (Å²) >= 11 is 5.54. The van der Waals surface area contributed by atoms with E-state index in [0.29, 0.717) is 13.1 Å². The lowest BCUT2D eigenvalue weighted by molar-refractivity contribution is -0.136. The van der Waals surface area contributed by atoms with Crippen molar-refractivity contribution >= 4 is 17.5 Å². The number of nitrogens with zero attached hydrogens (tertiary/aromatic N) is 5. The summed E-state index contributed by atoms with van der Waals surface area (Å²) in [5.41, 5.74) is -4.12. The van der Waals surface area contributed by atoms with Crippen LogP contribution in [0.1, 0.15) is 78.1 Å². The minimum atomic E-state index is -1.99. The van der Waals surface area contributed by atoms with Gasteiger partial charge in [-0.1, -0.05) is 36.7 Å². The monoisotopic (exact) mass is 641 g/mol. The number of benzene rings is 2. The van der Waals surface area contributed by atoms with E-state index in [2.05, 4.69) is 9.97 Å². The van der Waals surface area contributed by atoms with Gasteiger partial charge in [0.1, 0.15) is 29.0 Å². The van der Waals surface area contributed by atoms with Gasteiger partial charge in [-0.3, -0.25) is 4.79 Å². The van der Waals surface area contributed by atoms with Crippen LogP contribution in [0.4, 0.5) is 8.78 Å². The van der Waals surface area contributed by atoms with Crippen LogP contribution in [0.25, 0.3) is 0 Å². The second-order valence-electron chi connectivity index (χ2n) is 11.3. The Labute approximate surface area is 267 Å². The van der Waals surface area contributed by atoms with E-state index in [-0.39, 0.29) is 53.9 Å². The number of hydrogen-bond acceptors (Lipinski definition) is 8. The maximum Gasteiger partial charge on any atom is 0.257 e. The molecule has 2 atom stereocenters. The van der Waals surface area contributed by atoms with E-state index in [9.17, 15) is 15.0 Å². The van der Waals surface area contributed by atoms with Gasteiger partial charge in [0.15, 0.2) is 6.23 Å². The van der Waals surface area contributed by atoms with Gasteiger partial charge in [-0.25, -0.2) is 18.7 Å². The predicted molar refractivity (Wildman–Crippen MR) is 164 cm³/mol. The van der Waals surface area contributed by atoms with Gasteiger partial charge in [0.25, 0.3) is 5.91 Å². The van der Waals surface area contributed by atoms with Crippen molar-refractivity contribution < 1.29 is 28.5 Å². The predicted octanol–water partition coefficient (Wildman–Crippen LogP) is 5.30. The summed E-state index contributed by atoms with van der Waals surface area (Å²) in [4.78, 5) is 24.0. The Kier molecular flexibility index (Phi) is 11.6. The van der Waals surface area contributed by atoms with Crippen LogP contribution in [0.15, 0.2) is 54.9 Å². The highest BCUT2D eigenvalue weighted by molar-refractivity contribution is 6.30. The van der Waals surface area contributed by atoms with Gasteiger partial charge < -0.3 is 24.7 Å². The molecule has 9 nitrogen and oxygen atoms in total. The first-order valence-electron chi connectivity index (χ1n) is 14.9. The van der Waals surface area contributed by atoms with Crippen LogP contribution in [0.3, 0.4) is 0 Å². The molecule has 2 unspecified atom stereocenters. The van der Waals surface area contributed by atoms with Crippen molar-refractivity contribution in [3.8, 4) is 6.07 Å². The number of carbonyl (C=O) groups excluding carboxylic acids is 1. The molecule has 6 rings (SSSR count). The van der Waals surface area contributed by atoms with Crippen LogP contribution in [0.2, 0.25) is 5.02 Å². The summed E-state index contributed by atoms with van der Waals surface area (Å²) < 4.78 is 36.1. The number of hydrogen-bond donors (Lipinski definition) is 2. The zero-order valence-electron chi connectivity index (χ0n) is 25.4. The largest absolute Gasteiger partial charge is 0.382 e. The molecule has 2 fully saturated rings. The molecule has 3 aliphatic heterocycles. The second kappa shape index (κ2) is 15.2. The number of fused-ring (bicyclic) bond motifs is 1. The lowest BCUT2D eigenvalue weighted by Gasteiger charge is -2.45. The van der Waals surface area contributed by atoms with Crippen molar-refractivity contribution in [2.45, 2.75) is 63.1 Å². The van der Waals surface area contributed by atoms with Gasteiger partial charge in [0, 0.05) is 49.3 Å². The lowest BCUT2D eigenvalue weighted by Crippen LogP contribution is -2.54. The second-order valence-corrected chi connectivity index (χ2v) is 11.8. The average Bonchev–Trinajstić information content (AvgIpc) is 3.71. The minimum absolute atomic E-state index is 0.00895. The maximum absolute atomic E-state index is 16.0. The topological polar surface area (TPSA) is 123 Å². The standard InChI is InChI=1S/C23H25F2N5O3.C6H5Cl.C4H8O/c1-3-23(33,22(25)4-6-29(2)7-5-22)15-8-16-19(17(24)9-15)21(32)30(20(16)31)13-18-27-11-14(10-26)12-28-18;7-6-4-2-1-3-5-6;1-2-4-5-3-1/h8-9,11-12,21,32-33H,3-7,13H2,1-2H3;1-5H;1-4H2. The molecule has 3 aromatic rings. The molecule has 0 bridgehead atoms. The molecular weight excluding hydrogens is 604 g/mol. The van der Waals surface area contributed by atoms with Gasteiger partial charge in [0.2, 0.25) is 0 Å².